The molecule has 1 aromatic heterocycles. The zero-order valence-electron chi connectivity index (χ0n) is 9.82. The highest BCUT2D eigenvalue weighted by Crippen LogP contribution is 2.19. The third-order valence-corrected chi connectivity index (χ3v) is 3.19. The first-order chi connectivity index (χ1) is 7.67. The van der Waals surface area contributed by atoms with Crippen LogP contribution in [0.2, 0.25) is 0 Å². The smallest absolute Gasteiger partial charge is 0.243 e. The van der Waals surface area contributed by atoms with E-state index in [1.165, 1.54) is 16.2 Å². The van der Waals surface area contributed by atoms with Gasteiger partial charge in [0.25, 0.3) is 0 Å². The number of hydrogen-bond donors (Lipinski definition) is 2. The lowest BCUT2D eigenvalue weighted by molar-refractivity contribution is -0.117. The van der Waals surface area contributed by atoms with Crippen LogP contribution in [0.1, 0.15) is 38.0 Å². The summed E-state index contributed by atoms with van der Waals surface area (Å²) in [4.78, 5) is 16.9. The molecule has 0 fully saturated rings. The van der Waals surface area contributed by atoms with Gasteiger partial charge in [0, 0.05) is 11.1 Å². The van der Waals surface area contributed by atoms with Crippen molar-refractivity contribution in [2.75, 3.05) is 5.32 Å². The molecule has 1 rings (SSSR count). The maximum atomic E-state index is 11.6. The van der Waals surface area contributed by atoms with Gasteiger partial charge in [0.15, 0.2) is 5.13 Å². The van der Waals surface area contributed by atoms with Gasteiger partial charge in [0.1, 0.15) is 0 Å². The normalized spacial score (nSPS) is 12.4. The molecule has 0 aliphatic rings. The number of carbonyl (C=O) groups excluding carboxylic acids is 1. The first kappa shape index (κ1) is 13.1. The molecular formula is C11H19N3OS. The summed E-state index contributed by atoms with van der Waals surface area (Å²) in [6.45, 7) is 4.13. The molecule has 4 nitrogen and oxygen atoms in total. The molecule has 16 heavy (non-hydrogen) atoms. The van der Waals surface area contributed by atoms with Gasteiger partial charge in [-0.3, -0.25) is 4.79 Å². The van der Waals surface area contributed by atoms with E-state index in [9.17, 15) is 4.79 Å². The van der Waals surface area contributed by atoms with Crippen LogP contribution in [-0.2, 0) is 11.2 Å². The number of aryl methyl sites for hydroxylation is 1. The van der Waals surface area contributed by atoms with Crippen LogP contribution in [0, 0.1) is 0 Å². The fourth-order valence-electron chi connectivity index (χ4n) is 1.37. The quantitative estimate of drug-likeness (QED) is 0.802. The second-order valence-electron chi connectivity index (χ2n) is 3.77. The van der Waals surface area contributed by atoms with E-state index >= 15 is 0 Å². The molecule has 1 amide bonds. The number of hydrogen-bond acceptors (Lipinski definition) is 4. The standard InChI is InChI=1S/C11H19N3OS/c1-3-5-8-7-13-11(16-8)14-10(15)9(12)6-4-2/h7,9H,3-6,12H2,1-2H3,(H,13,14,15). The minimum absolute atomic E-state index is 0.140. The molecule has 3 N–H and O–H groups in total. The van der Waals surface area contributed by atoms with Crippen molar-refractivity contribution >= 4 is 22.4 Å². The number of anilines is 1. The van der Waals surface area contributed by atoms with Gasteiger partial charge in [-0.05, 0) is 12.8 Å². The van der Waals surface area contributed by atoms with E-state index in [0.717, 1.165) is 19.3 Å². The minimum atomic E-state index is -0.427. The van der Waals surface area contributed by atoms with Gasteiger partial charge in [-0.15, -0.1) is 11.3 Å². The lowest BCUT2D eigenvalue weighted by Gasteiger charge is -2.08. The molecule has 1 atom stereocenters. The Kier molecular flexibility index (Phi) is 5.42. The van der Waals surface area contributed by atoms with Crippen molar-refractivity contribution in [2.45, 2.75) is 45.6 Å². The summed E-state index contributed by atoms with van der Waals surface area (Å²) in [6, 6.07) is -0.427. The third-order valence-electron chi connectivity index (χ3n) is 2.22. The largest absolute Gasteiger partial charge is 0.320 e. The predicted molar refractivity (Wildman–Crippen MR) is 67.6 cm³/mol. The van der Waals surface area contributed by atoms with Gasteiger partial charge in [-0.2, -0.15) is 0 Å². The molecule has 5 heteroatoms. The van der Waals surface area contributed by atoms with Crippen LogP contribution < -0.4 is 11.1 Å². The van der Waals surface area contributed by atoms with Crippen molar-refractivity contribution in [3.8, 4) is 0 Å². The van der Waals surface area contributed by atoms with E-state index < -0.39 is 6.04 Å². The number of carbonyl (C=O) groups is 1. The average Bonchev–Trinajstić information content (AvgIpc) is 2.66. The number of nitrogens with two attached hydrogens (primary N) is 1. The summed E-state index contributed by atoms with van der Waals surface area (Å²) in [6.07, 6.45) is 5.53. The molecule has 0 aliphatic heterocycles. The zero-order valence-corrected chi connectivity index (χ0v) is 10.6. The van der Waals surface area contributed by atoms with Gasteiger partial charge in [0.05, 0.1) is 6.04 Å². The monoisotopic (exact) mass is 241 g/mol. The molecule has 0 saturated heterocycles. The molecular weight excluding hydrogens is 222 g/mol. The highest BCUT2D eigenvalue weighted by atomic mass is 32.1. The van der Waals surface area contributed by atoms with Gasteiger partial charge in [0.2, 0.25) is 5.91 Å². The summed E-state index contributed by atoms with van der Waals surface area (Å²) in [7, 11) is 0. The number of amides is 1. The summed E-state index contributed by atoms with van der Waals surface area (Å²) in [5.41, 5.74) is 5.71. The minimum Gasteiger partial charge on any atom is -0.320 e. The van der Waals surface area contributed by atoms with Crippen molar-refractivity contribution in [3.05, 3.63) is 11.1 Å². The molecule has 90 valence electrons. The van der Waals surface area contributed by atoms with E-state index in [2.05, 4.69) is 17.2 Å². The molecule has 0 saturated carbocycles. The van der Waals surface area contributed by atoms with E-state index in [1.807, 2.05) is 13.1 Å². The van der Waals surface area contributed by atoms with Crippen molar-refractivity contribution < 1.29 is 4.79 Å². The highest BCUT2D eigenvalue weighted by molar-refractivity contribution is 7.15. The summed E-state index contributed by atoms with van der Waals surface area (Å²) >= 11 is 1.52. The van der Waals surface area contributed by atoms with Crippen LogP contribution >= 0.6 is 11.3 Å². The first-order valence-corrected chi connectivity index (χ1v) is 6.50. The second-order valence-corrected chi connectivity index (χ2v) is 4.88. The van der Waals surface area contributed by atoms with Crippen molar-refractivity contribution in [3.63, 3.8) is 0 Å². The molecule has 0 aliphatic carbocycles. The summed E-state index contributed by atoms with van der Waals surface area (Å²) in [5, 5.41) is 3.40. The highest BCUT2D eigenvalue weighted by Gasteiger charge is 2.13. The predicted octanol–water partition coefficient (Wildman–Crippen LogP) is 2.16. The maximum absolute atomic E-state index is 11.6. The number of nitrogens with zero attached hydrogens (tertiary/aromatic N) is 1. The van der Waals surface area contributed by atoms with Gasteiger partial charge < -0.3 is 11.1 Å². The Morgan fingerprint density at radius 3 is 2.94 bits per heavy atom. The topological polar surface area (TPSA) is 68.0 Å². The summed E-state index contributed by atoms with van der Waals surface area (Å²) < 4.78 is 0. The zero-order chi connectivity index (χ0) is 12.0. The molecule has 0 spiro atoms. The molecule has 1 heterocycles. The Morgan fingerprint density at radius 1 is 1.56 bits per heavy atom. The van der Waals surface area contributed by atoms with Gasteiger partial charge in [-0.25, -0.2) is 4.98 Å². The Morgan fingerprint density at radius 2 is 2.31 bits per heavy atom. The summed E-state index contributed by atoms with van der Waals surface area (Å²) in [5.74, 6) is -0.140. The van der Waals surface area contributed by atoms with Crippen LogP contribution in [0.25, 0.3) is 0 Å². The number of nitrogens with one attached hydrogen (secondary N) is 1. The van der Waals surface area contributed by atoms with E-state index in [0.29, 0.717) is 11.6 Å². The van der Waals surface area contributed by atoms with Crippen LogP contribution in [0.5, 0.6) is 0 Å². The van der Waals surface area contributed by atoms with Crippen molar-refractivity contribution in [2.24, 2.45) is 5.73 Å². The second kappa shape index (κ2) is 6.60. The van der Waals surface area contributed by atoms with Crippen molar-refractivity contribution in [1.82, 2.24) is 4.98 Å². The number of aromatic nitrogens is 1. The van der Waals surface area contributed by atoms with Crippen LogP contribution in [-0.4, -0.2) is 16.9 Å². The van der Waals surface area contributed by atoms with E-state index in [-0.39, 0.29) is 5.91 Å². The Balaban J connectivity index is 2.49. The fourth-order valence-corrected chi connectivity index (χ4v) is 2.28. The Labute approximate surface area is 100 Å². The Hall–Kier alpha value is -0.940. The molecule has 1 unspecified atom stereocenters. The maximum Gasteiger partial charge on any atom is 0.243 e. The van der Waals surface area contributed by atoms with Crippen LogP contribution in [0.15, 0.2) is 6.20 Å². The van der Waals surface area contributed by atoms with Crippen LogP contribution in [0.3, 0.4) is 0 Å². The number of rotatable bonds is 6. The molecule has 0 radical (unpaired) electrons. The van der Waals surface area contributed by atoms with E-state index in [4.69, 9.17) is 5.73 Å². The lowest BCUT2D eigenvalue weighted by atomic mass is 10.2. The number of thiazole rings is 1. The van der Waals surface area contributed by atoms with Crippen molar-refractivity contribution in [1.29, 1.82) is 0 Å². The third kappa shape index (κ3) is 3.90. The molecule has 0 aromatic carbocycles. The lowest BCUT2D eigenvalue weighted by Crippen LogP contribution is -2.35. The fraction of sp³-hybridized carbons (Fsp3) is 0.636. The molecule has 0 bridgehead atoms. The average molecular weight is 241 g/mol. The van der Waals surface area contributed by atoms with E-state index in [1.54, 1.807) is 0 Å². The first-order valence-electron chi connectivity index (χ1n) is 5.68. The SMILES string of the molecule is CCCc1cnc(NC(=O)C(N)CCC)s1. The van der Waals surface area contributed by atoms with Gasteiger partial charge in [-0.1, -0.05) is 26.7 Å². The van der Waals surface area contributed by atoms with Gasteiger partial charge >= 0.3 is 0 Å². The molecule has 1 aromatic rings. The Bertz CT molecular complexity index is 338. The van der Waals surface area contributed by atoms with Crippen LogP contribution in [0.4, 0.5) is 5.13 Å².